The maximum Gasteiger partial charge on any atom is 0.307 e. The molecule has 0 saturated heterocycles. The molecule has 0 aliphatic heterocycles. The number of carboxylic acids is 1. The van der Waals surface area contributed by atoms with Crippen LogP contribution in [0.4, 0.5) is 4.39 Å². The SMILES string of the molecule is CC(=O)SCC=Cc1cc(CC(=O)O)ccc1F. The third-order valence-corrected chi connectivity index (χ3v) is 2.86. The third kappa shape index (κ3) is 5.14. The second-order valence-corrected chi connectivity index (χ2v) is 4.83. The quantitative estimate of drug-likeness (QED) is 0.892. The van der Waals surface area contributed by atoms with E-state index < -0.39 is 11.8 Å². The molecule has 1 aromatic rings. The van der Waals surface area contributed by atoms with Crippen molar-refractivity contribution in [3.8, 4) is 0 Å². The normalized spacial score (nSPS) is 10.8. The molecule has 0 atom stereocenters. The molecule has 1 rings (SSSR count). The summed E-state index contributed by atoms with van der Waals surface area (Å²) in [7, 11) is 0. The fourth-order valence-corrected chi connectivity index (χ4v) is 1.77. The highest BCUT2D eigenvalue weighted by molar-refractivity contribution is 8.13. The molecule has 0 spiro atoms. The Hall–Kier alpha value is -1.62. The van der Waals surface area contributed by atoms with Crippen LogP contribution in [-0.4, -0.2) is 21.9 Å². The van der Waals surface area contributed by atoms with Gasteiger partial charge in [0, 0.05) is 18.2 Å². The zero-order valence-electron chi connectivity index (χ0n) is 9.85. The highest BCUT2D eigenvalue weighted by Crippen LogP contribution is 2.14. The molecule has 3 nitrogen and oxygen atoms in total. The molecule has 0 radical (unpaired) electrons. The van der Waals surface area contributed by atoms with Gasteiger partial charge < -0.3 is 5.11 Å². The minimum atomic E-state index is -0.955. The fraction of sp³-hybridized carbons (Fsp3) is 0.231. The van der Waals surface area contributed by atoms with Gasteiger partial charge in [0.05, 0.1) is 6.42 Å². The Balaban J connectivity index is 2.74. The number of hydrogen-bond donors (Lipinski definition) is 1. The lowest BCUT2D eigenvalue weighted by Gasteiger charge is -2.01. The van der Waals surface area contributed by atoms with Crippen LogP contribution >= 0.6 is 11.8 Å². The van der Waals surface area contributed by atoms with Gasteiger partial charge in [-0.05, 0) is 17.7 Å². The Bertz CT molecular complexity index is 483. The second kappa shape index (κ2) is 6.96. The summed E-state index contributed by atoms with van der Waals surface area (Å²) >= 11 is 1.13. The highest BCUT2D eigenvalue weighted by Gasteiger charge is 2.04. The predicted molar refractivity (Wildman–Crippen MR) is 69.9 cm³/mol. The molecule has 0 fully saturated rings. The van der Waals surface area contributed by atoms with E-state index in [-0.39, 0.29) is 11.5 Å². The van der Waals surface area contributed by atoms with Gasteiger partial charge in [0.1, 0.15) is 5.82 Å². The van der Waals surface area contributed by atoms with Crippen molar-refractivity contribution in [1.29, 1.82) is 0 Å². The lowest BCUT2D eigenvalue weighted by atomic mass is 10.1. The summed E-state index contributed by atoms with van der Waals surface area (Å²) < 4.78 is 13.4. The number of benzene rings is 1. The number of carbonyl (C=O) groups excluding carboxylic acids is 1. The molecule has 0 amide bonds. The van der Waals surface area contributed by atoms with Crippen molar-refractivity contribution in [3.05, 3.63) is 41.2 Å². The number of rotatable bonds is 5. The van der Waals surface area contributed by atoms with E-state index in [1.54, 1.807) is 12.2 Å². The maximum atomic E-state index is 13.4. The fourth-order valence-electron chi connectivity index (χ4n) is 1.35. The molecule has 1 aromatic carbocycles. The molecular formula is C13H13FO3S. The van der Waals surface area contributed by atoms with Crippen molar-refractivity contribution < 1.29 is 19.1 Å². The molecule has 0 unspecified atom stereocenters. The third-order valence-electron chi connectivity index (χ3n) is 2.10. The molecule has 0 bridgehead atoms. The van der Waals surface area contributed by atoms with E-state index in [1.165, 1.54) is 25.1 Å². The molecule has 0 heterocycles. The largest absolute Gasteiger partial charge is 0.481 e. The topological polar surface area (TPSA) is 54.4 Å². The van der Waals surface area contributed by atoms with Crippen LogP contribution in [0.1, 0.15) is 18.1 Å². The van der Waals surface area contributed by atoms with Gasteiger partial charge in [-0.15, -0.1) is 0 Å². The van der Waals surface area contributed by atoms with Gasteiger partial charge in [0.25, 0.3) is 0 Å². The Morgan fingerprint density at radius 3 is 2.78 bits per heavy atom. The Morgan fingerprint density at radius 2 is 2.17 bits per heavy atom. The van der Waals surface area contributed by atoms with E-state index in [4.69, 9.17) is 5.11 Å². The van der Waals surface area contributed by atoms with Crippen molar-refractivity contribution in [2.24, 2.45) is 0 Å². The average molecular weight is 268 g/mol. The van der Waals surface area contributed by atoms with E-state index in [9.17, 15) is 14.0 Å². The highest BCUT2D eigenvalue weighted by atomic mass is 32.2. The van der Waals surface area contributed by atoms with Gasteiger partial charge in [-0.1, -0.05) is 30.0 Å². The molecular weight excluding hydrogens is 255 g/mol. The molecule has 5 heteroatoms. The van der Waals surface area contributed by atoms with E-state index in [0.717, 1.165) is 11.8 Å². The van der Waals surface area contributed by atoms with E-state index in [0.29, 0.717) is 16.9 Å². The van der Waals surface area contributed by atoms with E-state index in [2.05, 4.69) is 0 Å². The zero-order valence-corrected chi connectivity index (χ0v) is 10.7. The van der Waals surface area contributed by atoms with Gasteiger partial charge in [0.15, 0.2) is 5.12 Å². The second-order valence-electron chi connectivity index (χ2n) is 3.63. The Morgan fingerprint density at radius 1 is 1.44 bits per heavy atom. The smallest absolute Gasteiger partial charge is 0.307 e. The number of carbonyl (C=O) groups is 2. The van der Waals surface area contributed by atoms with Crippen LogP contribution in [0.25, 0.3) is 6.08 Å². The van der Waals surface area contributed by atoms with Gasteiger partial charge in [-0.3, -0.25) is 9.59 Å². The number of thioether (sulfide) groups is 1. The Labute approximate surface area is 109 Å². The standard InChI is InChI=1S/C13H13FO3S/c1-9(15)18-6-2-3-11-7-10(8-13(16)17)4-5-12(11)14/h2-5,7H,6,8H2,1H3,(H,16,17). The minimum absolute atomic E-state index is 0.000232. The summed E-state index contributed by atoms with van der Waals surface area (Å²) in [6.45, 7) is 1.46. The molecule has 0 aromatic heterocycles. The van der Waals surface area contributed by atoms with E-state index >= 15 is 0 Å². The first-order chi connectivity index (χ1) is 8.49. The first-order valence-corrected chi connectivity index (χ1v) is 6.27. The van der Waals surface area contributed by atoms with Crippen molar-refractivity contribution >= 4 is 28.9 Å². The first kappa shape index (κ1) is 14.4. The number of aliphatic carboxylic acids is 1. The summed E-state index contributed by atoms with van der Waals surface area (Å²) in [5.41, 5.74) is 0.876. The molecule has 0 aliphatic rings. The lowest BCUT2D eigenvalue weighted by Crippen LogP contribution is -2.00. The zero-order chi connectivity index (χ0) is 13.5. The molecule has 0 saturated carbocycles. The molecule has 0 aliphatic carbocycles. The monoisotopic (exact) mass is 268 g/mol. The molecule has 96 valence electrons. The van der Waals surface area contributed by atoms with Gasteiger partial charge in [-0.2, -0.15) is 0 Å². The predicted octanol–water partition coefficient (Wildman–Crippen LogP) is 2.75. The van der Waals surface area contributed by atoms with E-state index in [1.807, 2.05) is 0 Å². The lowest BCUT2D eigenvalue weighted by molar-refractivity contribution is -0.136. The van der Waals surface area contributed by atoms with Crippen LogP contribution < -0.4 is 0 Å². The van der Waals surface area contributed by atoms with Crippen LogP contribution in [-0.2, 0) is 16.0 Å². The average Bonchev–Trinajstić information content (AvgIpc) is 2.27. The van der Waals surface area contributed by atoms with Crippen molar-refractivity contribution in [3.63, 3.8) is 0 Å². The van der Waals surface area contributed by atoms with Crippen LogP contribution in [0.3, 0.4) is 0 Å². The minimum Gasteiger partial charge on any atom is -0.481 e. The molecule has 1 N–H and O–H groups in total. The summed E-state index contributed by atoms with van der Waals surface area (Å²) in [5, 5.41) is 8.65. The van der Waals surface area contributed by atoms with Crippen LogP contribution in [0.2, 0.25) is 0 Å². The number of carboxylic acid groups (broad SMARTS) is 1. The van der Waals surface area contributed by atoms with Gasteiger partial charge in [-0.25, -0.2) is 4.39 Å². The maximum absolute atomic E-state index is 13.4. The summed E-state index contributed by atoms with van der Waals surface area (Å²) in [6, 6.07) is 4.19. The summed E-state index contributed by atoms with van der Waals surface area (Å²) in [4.78, 5) is 21.2. The number of halogens is 1. The Kier molecular flexibility index (Phi) is 5.58. The summed E-state index contributed by atoms with van der Waals surface area (Å²) in [5.74, 6) is -0.894. The molecule has 18 heavy (non-hydrogen) atoms. The number of hydrogen-bond acceptors (Lipinski definition) is 3. The van der Waals surface area contributed by atoms with Crippen LogP contribution in [0.5, 0.6) is 0 Å². The van der Waals surface area contributed by atoms with Crippen molar-refractivity contribution in [2.45, 2.75) is 13.3 Å². The summed E-state index contributed by atoms with van der Waals surface area (Å²) in [6.07, 6.45) is 3.09. The first-order valence-electron chi connectivity index (χ1n) is 5.29. The van der Waals surface area contributed by atoms with Crippen LogP contribution in [0, 0.1) is 5.82 Å². The van der Waals surface area contributed by atoms with Crippen LogP contribution in [0.15, 0.2) is 24.3 Å². The van der Waals surface area contributed by atoms with Crippen molar-refractivity contribution in [2.75, 3.05) is 5.75 Å². The van der Waals surface area contributed by atoms with Gasteiger partial charge in [0.2, 0.25) is 0 Å². The van der Waals surface area contributed by atoms with Crippen molar-refractivity contribution in [1.82, 2.24) is 0 Å². The van der Waals surface area contributed by atoms with Gasteiger partial charge >= 0.3 is 5.97 Å².